The van der Waals surface area contributed by atoms with E-state index < -0.39 is 0 Å². The molecule has 0 spiro atoms. The van der Waals surface area contributed by atoms with Crippen LogP contribution in [0.4, 0.5) is 5.88 Å². The lowest BCUT2D eigenvalue weighted by Crippen LogP contribution is -1.98. The first-order valence-electron chi connectivity index (χ1n) is 12.7. The van der Waals surface area contributed by atoms with E-state index in [1.165, 1.54) is 0 Å². The summed E-state index contributed by atoms with van der Waals surface area (Å²) in [6, 6.07) is 28.5. The third-order valence-electron chi connectivity index (χ3n) is 6.41. The van der Waals surface area contributed by atoms with E-state index in [1.807, 2.05) is 84.9 Å². The average molecular weight is 707 g/mol. The quantitative estimate of drug-likeness (QED) is 0.143. The van der Waals surface area contributed by atoms with Crippen LogP contribution >= 0.6 is 43.5 Å². The normalized spacial score (nSPS) is 11.0. The summed E-state index contributed by atoms with van der Waals surface area (Å²) in [5, 5.41) is 10.9. The topological polar surface area (TPSA) is 77.0 Å². The highest BCUT2D eigenvalue weighted by Gasteiger charge is 2.23. The number of aliphatic imine (C=N–C) groups is 1. The Morgan fingerprint density at radius 3 is 2.05 bits per heavy atom. The Morgan fingerprint density at radius 2 is 1.48 bits per heavy atom. The molecule has 9 heteroatoms. The highest BCUT2D eigenvalue weighted by atomic mass is 79.9. The molecule has 0 aliphatic carbocycles. The van der Waals surface area contributed by atoms with Crippen molar-refractivity contribution in [1.82, 2.24) is 0 Å². The predicted molar refractivity (Wildman–Crippen MR) is 172 cm³/mol. The van der Waals surface area contributed by atoms with E-state index in [4.69, 9.17) is 30.2 Å². The van der Waals surface area contributed by atoms with Gasteiger partial charge in [0.25, 0.3) is 0 Å². The number of hydrogen-bond donors (Lipinski definition) is 0. The molecule has 1 heterocycles. The lowest BCUT2D eigenvalue weighted by atomic mass is 9.98. The second kappa shape index (κ2) is 13.3. The zero-order chi connectivity index (χ0) is 29.6. The van der Waals surface area contributed by atoms with Crippen LogP contribution in [0.2, 0.25) is 5.02 Å². The molecule has 42 heavy (non-hydrogen) atoms. The van der Waals surface area contributed by atoms with E-state index in [1.54, 1.807) is 20.4 Å². The first-order chi connectivity index (χ1) is 20.4. The predicted octanol–water partition coefficient (Wildman–Crippen LogP) is 10.0. The van der Waals surface area contributed by atoms with Crippen molar-refractivity contribution in [2.75, 3.05) is 14.2 Å². The molecule has 0 N–H and O–H groups in total. The van der Waals surface area contributed by atoms with E-state index in [2.05, 4.69) is 42.9 Å². The Balaban J connectivity index is 1.50. The molecule has 0 radical (unpaired) electrons. The van der Waals surface area contributed by atoms with Crippen LogP contribution in [-0.4, -0.2) is 20.4 Å². The van der Waals surface area contributed by atoms with Gasteiger partial charge in [0.05, 0.1) is 23.2 Å². The molecule has 0 saturated heterocycles. The third kappa shape index (κ3) is 6.39. The number of nitriles is 1. The van der Waals surface area contributed by atoms with Crippen molar-refractivity contribution in [3.8, 4) is 45.8 Å². The van der Waals surface area contributed by atoms with Crippen molar-refractivity contribution in [1.29, 1.82) is 5.26 Å². The summed E-state index contributed by atoms with van der Waals surface area (Å²) >= 11 is 13.5. The minimum absolute atomic E-state index is 0.195. The maximum atomic E-state index is 10.2. The van der Waals surface area contributed by atoms with Crippen LogP contribution in [0.5, 0.6) is 17.2 Å². The third-order valence-corrected chi connectivity index (χ3v) is 7.96. The highest BCUT2D eigenvalue weighted by molar-refractivity contribution is 9.11. The fourth-order valence-electron chi connectivity index (χ4n) is 4.28. The summed E-state index contributed by atoms with van der Waals surface area (Å²) in [5.74, 6) is 2.77. The van der Waals surface area contributed by atoms with Crippen LogP contribution in [0.25, 0.3) is 22.5 Å². The molecule has 4 aromatic carbocycles. The molecule has 5 aromatic rings. The van der Waals surface area contributed by atoms with Gasteiger partial charge in [-0.2, -0.15) is 5.26 Å². The summed E-state index contributed by atoms with van der Waals surface area (Å²) in [6.45, 7) is 0.310. The smallest absolute Gasteiger partial charge is 0.238 e. The van der Waals surface area contributed by atoms with Crippen molar-refractivity contribution in [2.45, 2.75) is 6.61 Å². The van der Waals surface area contributed by atoms with Gasteiger partial charge < -0.3 is 18.6 Å². The zero-order valence-corrected chi connectivity index (χ0v) is 26.5. The van der Waals surface area contributed by atoms with Gasteiger partial charge in [-0.05, 0) is 97.6 Å². The molecule has 0 aliphatic rings. The van der Waals surface area contributed by atoms with Gasteiger partial charge >= 0.3 is 0 Å². The average Bonchev–Trinajstić information content (AvgIpc) is 3.39. The van der Waals surface area contributed by atoms with E-state index in [9.17, 15) is 5.26 Å². The summed E-state index contributed by atoms with van der Waals surface area (Å²) in [6.07, 6.45) is 1.64. The fraction of sp³-hybridized carbons (Fsp3) is 0.0909. The molecular formula is C33H23Br2ClN2O4. The molecule has 0 aliphatic heterocycles. The van der Waals surface area contributed by atoms with E-state index in [0.29, 0.717) is 45.8 Å². The monoisotopic (exact) mass is 704 g/mol. The number of hydrogen-bond acceptors (Lipinski definition) is 6. The molecule has 0 atom stereocenters. The number of halogens is 3. The molecule has 210 valence electrons. The Morgan fingerprint density at radius 1 is 0.881 bits per heavy atom. The van der Waals surface area contributed by atoms with Gasteiger partial charge in [-0.25, -0.2) is 4.99 Å². The van der Waals surface area contributed by atoms with E-state index >= 15 is 0 Å². The maximum Gasteiger partial charge on any atom is 0.238 e. The molecule has 0 fully saturated rings. The Kier molecular flexibility index (Phi) is 9.33. The number of nitrogens with zero attached hydrogens (tertiary/aromatic N) is 2. The molecule has 0 saturated carbocycles. The second-order valence-electron chi connectivity index (χ2n) is 9.01. The van der Waals surface area contributed by atoms with Crippen LogP contribution in [-0.2, 0) is 6.61 Å². The minimum atomic E-state index is 0.195. The van der Waals surface area contributed by atoms with Gasteiger partial charge in [-0.3, -0.25) is 0 Å². The van der Waals surface area contributed by atoms with Gasteiger partial charge in [-0.15, -0.1) is 0 Å². The number of methoxy groups -OCH3 is 2. The molecule has 0 amide bonds. The number of rotatable bonds is 9. The largest absolute Gasteiger partial charge is 0.497 e. The number of ether oxygens (including phenoxy) is 3. The molecule has 1 aromatic heterocycles. The van der Waals surface area contributed by atoms with Gasteiger partial charge in [-0.1, -0.05) is 41.9 Å². The van der Waals surface area contributed by atoms with Gasteiger partial charge in [0.2, 0.25) is 5.88 Å². The first kappa shape index (κ1) is 29.5. The van der Waals surface area contributed by atoms with Crippen LogP contribution in [0.3, 0.4) is 0 Å². The fourth-order valence-corrected chi connectivity index (χ4v) is 5.92. The lowest BCUT2D eigenvalue weighted by molar-refractivity contribution is 0.302. The van der Waals surface area contributed by atoms with Crippen molar-refractivity contribution < 1.29 is 18.6 Å². The zero-order valence-electron chi connectivity index (χ0n) is 22.5. The molecule has 6 nitrogen and oxygen atoms in total. The minimum Gasteiger partial charge on any atom is -0.497 e. The van der Waals surface area contributed by atoms with Gasteiger partial charge in [0.1, 0.15) is 41.2 Å². The molecule has 0 bridgehead atoms. The summed E-state index contributed by atoms with van der Waals surface area (Å²) < 4.78 is 24.4. The number of benzene rings is 4. The van der Waals surface area contributed by atoms with Crippen LogP contribution in [0.1, 0.15) is 16.7 Å². The molecule has 0 unspecified atom stereocenters. The van der Waals surface area contributed by atoms with E-state index in [0.717, 1.165) is 31.2 Å². The van der Waals surface area contributed by atoms with Crippen molar-refractivity contribution in [2.24, 2.45) is 4.99 Å². The summed E-state index contributed by atoms with van der Waals surface area (Å²) in [7, 11) is 3.22. The van der Waals surface area contributed by atoms with Gasteiger partial charge in [0.15, 0.2) is 0 Å². The summed E-state index contributed by atoms with van der Waals surface area (Å²) in [4.78, 5) is 4.60. The lowest BCUT2D eigenvalue weighted by Gasteiger charge is -2.12. The van der Waals surface area contributed by atoms with Crippen molar-refractivity contribution in [3.05, 3.63) is 116 Å². The molecule has 5 rings (SSSR count). The van der Waals surface area contributed by atoms with Crippen LogP contribution < -0.4 is 14.2 Å². The van der Waals surface area contributed by atoms with Crippen molar-refractivity contribution in [3.63, 3.8) is 0 Å². The SMILES string of the molecule is COc1ccc(-c2oc(N=Cc3cc(Br)c(OCc4ccccc4Cl)c(Br)c3)c(C#N)c2-c2ccc(OC)cc2)cc1. The maximum absolute atomic E-state index is 10.2. The summed E-state index contributed by atoms with van der Waals surface area (Å²) in [5.41, 5.74) is 4.18. The second-order valence-corrected chi connectivity index (χ2v) is 11.1. The van der Waals surface area contributed by atoms with Crippen molar-refractivity contribution >= 4 is 55.6 Å². The van der Waals surface area contributed by atoms with E-state index in [-0.39, 0.29) is 5.88 Å². The first-order valence-corrected chi connectivity index (χ1v) is 14.6. The Hall–Kier alpha value is -4.03. The van der Waals surface area contributed by atoms with Crippen LogP contribution in [0.15, 0.2) is 103 Å². The number of furan rings is 1. The Labute approximate surface area is 265 Å². The standard InChI is InChI=1S/C33H23Br2ClN2O4/c1-39-24-11-7-21(8-12-24)30-26(17-37)33(42-31(30)22-9-13-25(40-2)14-10-22)38-18-20-15-27(34)32(28(35)16-20)41-19-23-5-3-4-6-29(23)36/h3-16,18H,19H2,1-2H3. The molecular weight excluding hydrogens is 684 g/mol. The van der Waals surface area contributed by atoms with Crippen LogP contribution in [0, 0.1) is 11.3 Å². The Bertz CT molecular complexity index is 1770. The highest BCUT2D eigenvalue weighted by Crippen LogP contribution is 2.43. The van der Waals surface area contributed by atoms with Gasteiger partial charge in [0, 0.05) is 27.9 Å².